The van der Waals surface area contributed by atoms with Gasteiger partial charge in [0.05, 0.1) is 25.5 Å². The first kappa shape index (κ1) is 24.9. The van der Waals surface area contributed by atoms with E-state index in [1.54, 1.807) is 6.33 Å². The summed E-state index contributed by atoms with van der Waals surface area (Å²) in [5.74, 6) is 2.24. The Hall–Kier alpha value is -3.10. The Bertz CT molecular complexity index is 1410. The monoisotopic (exact) mass is 526 g/mol. The second-order valence-corrected chi connectivity index (χ2v) is 12.4. The van der Waals surface area contributed by atoms with Crippen LogP contribution in [0.3, 0.4) is 0 Å². The standard InChI is InChI=1S/C31H38N6O2/c1-20-6-5-11-36(15-20)21(2)27-13-25-26(29(33-27)22-9-10-22)16-37(30(25)38)24-8-4-7-23(12-24)31(17-39-18-31)14-28-34-32-19-35(28)3/h4,7-8,12-13,19-22H,5-6,9-11,14-18H2,1-3H3. The number of aryl methyl sites for hydroxylation is 1. The Morgan fingerprint density at radius 1 is 1.18 bits per heavy atom. The van der Waals surface area contributed by atoms with Crippen LogP contribution < -0.4 is 4.90 Å². The average molecular weight is 527 g/mol. The Balaban J connectivity index is 1.19. The van der Waals surface area contributed by atoms with Gasteiger partial charge in [-0.05, 0) is 68.8 Å². The lowest BCUT2D eigenvalue weighted by molar-refractivity contribution is -0.0611. The van der Waals surface area contributed by atoms with E-state index >= 15 is 0 Å². The van der Waals surface area contributed by atoms with Crippen molar-refractivity contribution in [1.29, 1.82) is 0 Å². The number of carbonyl (C=O) groups is 1. The minimum absolute atomic E-state index is 0.0964. The van der Waals surface area contributed by atoms with E-state index in [0.29, 0.717) is 31.6 Å². The number of fused-ring (bicyclic) bond motifs is 1. The van der Waals surface area contributed by atoms with Gasteiger partial charge < -0.3 is 14.2 Å². The van der Waals surface area contributed by atoms with Crippen LogP contribution in [-0.4, -0.2) is 56.9 Å². The highest BCUT2D eigenvalue weighted by Crippen LogP contribution is 2.45. The summed E-state index contributed by atoms with van der Waals surface area (Å²) in [4.78, 5) is 23.7. The first-order chi connectivity index (χ1) is 18.9. The van der Waals surface area contributed by atoms with Crippen molar-refractivity contribution < 1.29 is 9.53 Å². The summed E-state index contributed by atoms with van der Waals surface area (Å²) in [5, 5.41) is 8.38. The predicted molar refractivity (Wildman–Crippen MR) is 149 cm³/mol. The van der Waals surface area contributed by atoms with Crippen LogP contribution in [0.4, 0.5) is 5.69 Å². The Kier molecular flexibility index (Phi) is 6.08. The SMILES string of the molecule is CC1CCCN(C(C)c2cc3c(c(C4CC4)n2)CN(c2cccc(C4(Cc5nncn5C)COC4)c2)C3=O)C1. The minimum atomic E-state index is -0.151. The molecule has 0 spiro atoms. The number of anilines is 1. The van der Waals surface area contributed by atoms with Crippen molar-refractivity contribution >= 4 is 11.6 Å². The first-order valence-corrected chi connectivity index (χ1v) is 14.5. The smallest absolute Gasteiger partial charge is 0.259 e. The maximum absolute atomic E-state index is 14.0. The molecule has 204 valence electrons. The number of piperidine rings is 1. The van der Waals surface area contributed by atoms with E-state index in [1.165, 1.54) is 31.2 Å². The summed E-state index contributed by atoms with van der Waals surface area (Å²) in [6.45, 7) is 8.70. The molecule has 4 aliphatic rings. The van der Waals surface area contributed by atoms with E-state index in [0.717, 1.165) is 53.5 Å². The molecule has 2 aromatic heterocycles. The molecule has 1 aliphatic carbocycles. The molecule has 8 heteroatoms. The molecule has 1 aromatic carbocycles. The maximum atomic E-state index is 14.0. The van der Waals surface area contributed by atoms with Crippen LogP contribution in [0, 0.1) is 5.92 Å². The maximum Gasteiger partial charge on any atom is 0.259 e. The summed E-state index contributed by atoms with van der Waals surface area (Å²) >= 11 is 0. The van der Waals surface area contributed by atoms with Crippen LogP contribution in [0.15, 0.2) is 36.7 Å². The number of pyridine rings is 1. The van der Waals surface area contributed by atoms with Gasteiger partial charge in [0.15, 0.2) is 0 Å². The van der Waals surface area contributed by atoms with Gasteiger partial charge in [0.25, 0.3) is 5.91 Å². The average Bonchev–Trinajstić information content (AvgIpc) is 3.61. The quantitative estimate of drug-likeness (QED) is 0.450. The molecule has 3 fully saturated rings. The third-order valence-corrected chi connectivity index (χ3v) is 9.42. The van der Waals surface area contributed by atoms with E-state index < -0.39 is 0 Å². The van der Waals surface area contributed by atoms with Gasteiger partial charge in [-0.2, -0.15) is 0 Å². The van der Waals surface area contributed by atoms with Gasteiger partial charge in [-0.1, -0.05) is 19.1 Å². The second kappa shape index (κ2) is 9.52. The van der Waals surface area contributed by atoms with Crippen molar-refractivity contribution in [3.05, 3.63) is 70.6 Å². The lowest BCUT2D eigenvalue weighted by Crippen LogP contribution is -2.49. The van der Waals surface area contributed by atoms with Gasteiger partial charge in [0, 0.05) is 59.9 Å². The molecule has 0 N–H and O–H groups in total. The van der Waals surface area contributed by atoms with Gasteiger partial charge in [0.1, 0.15) is 12.2 Å². The Morgan fingerprint density at radius 3 is 2.72 bits per heavy atom. The topological polar surface area (TPSA) is 76.4 Å². The molecule has 2 unspecified atom stereocenters. The molecular formula is C31H38N6O2. The lowest BCUT2D eigenvalue weighted by atomic mass is 9.75. The number of hydrogen-bond acceptors (Lipinski definition) is 6. The molecule has 7 rings (SSSR count). The van der Waals surface area contributed by atoms with E-state index in [2.05, 4.69) is 59.3 Å². The third kappa shape index (κ3) is 4.38. The Morgan fingerprint density at radius 2 is 2.03 bits per heavy atom. The fourth-order valence-corrected chi connectivity index (χ4v) is 6.72. The number of benzene rings is 1. The summed E-state index contributed by atoms with van der Waals surface area (Å²) < 4.78 is 7.68. The van der Waals surface area contributed by atoms with Crippen LogP contribution in [0.2, 0.25) is 0 Å². The molecular weight excluding hydrogens is 488 g/mol. The van der Waals surface area contributed by atoms with Crippen LogP contribution >= 0.6 is 0 Å². The normalized spacial score (nSPS) is 23.5. The first-order valence-electron chi connectivity index (χ1n) is 14.5. The lowest BCUT2D eigenvalue weighted by Gasteiger charge is -2.42. The molecule has 2 atom stereocenters. The molecule has 1 amide bonds. The van der Waals surface area contributed by atoms with Gasteiger partial charge in [-0.25, -0.2) is 0 Å². The van der Waals surface area contributed by atoms with Gasteiger partial charge in [0.2, 0.25) is 0 Å². The fraction of sp³-hybridized carbons (Fsp3) is 0.548. The highest BCUT2D eigenvalue weighted by molar-refractivity contribution is 6.10. The number of hydrogen-bond donors (Lipinski definition) is 0. The molecule has 5 heterocycles. The molecule has 1 saturated carbocycles. The van der Waals surface area contributed by atoms with Crippen molar-refractivity contribution in [3.63, 3.8) is 0 Å². The third-order valence-electron chi connectivity index (χ3n) is 9.42. The summed E-state index contributed by atoms with van der Waals surface area (Å²) in [6, 6.07) is 10.8. The van der Waals surface area contributed by atoms with Crippen molar-refractivity contribution in [1.82, 2.24) is 24.6 Å². The zero-order valence-electron chi connectivity index (χ0n) is 23.3. The molecule has 2 saturated heterocycles. The van der Waals surface area contributed by atoms with E-state index in [-0.39, 0.29) is 17.4 Å². The minimum Gasteiger partial charge on any atom is -0.379 e. The molecule has 8 nitrogen and oxygen atoms in total. The number of carbonyl (C=O) groups excluding carboxylic acids is 1. The number of rotatable bonds is 7. The summed E-state index contributed by atoms with van der Waals surface area (Å²) in [7, 11) is 1.98. The van der Waals surface area contributed by atoms with Crippen LogP contribution in [0.25, 0.3) is 0 Å². The van der Waals surface area contributed by atoms with Gasteiger partial charge >= 0.3 is 0 Å². The van der Waals surface area contributed by atoms with Crippen LogP contribution in [0.5, 0.6) is 0 Å². The molecule has 3 aromatic rings. The fourth-order valence-electron chi connectivity index (χ4n) is 6.72. The predicted octanol–water partition coefficient (Wildman–Crippen LogP) is 4.55. The largest absolute Gasteiger partial charge is 0.379 e. The van der Waals surface area contributed by atoms with Gasteiger partial charge in [-0.3, -0.25) is 14.7 Å². The molecule has 3 aliphatic heterocycles. The van der Waals surface area contributed by atoms with Crippen LogP contribution in [0.1, 0.15) is 90.2 Å². The van der Waals surface area contributed by atoms with Gasteiger partial charge in [-0.15, -0.1) is 10.2 Å². The van der Waals surface area contributed by atoms with Crippen molar-refractivity contribution in [3.8, 4) is 0 Å². The highest BCUT2D eigenvalue weighted by atomic mass is 16.5. The van der Waals surface area contributed by atoms with Crippen LogP contribution in [-0.2, 0) is 30.2 Å². The molecule has 0 bridgehead atoms. The molecule has 0 radical (unpaired) electrons. The van der Waals surface area contributed by atoms with Crippen molar-refractivity contribution in [2.45, 2.75) is 69.9 Å². The zero-order chi connectivity index (χ0) is 26.7. The van der Waals surface area contributed by atoms with E-state index in [9.17, 15) is 4.79 Å². The van der Waals surface area contributed by atoms with E-state index in [4.69, 9.17) is 9.72 Å². The number of likely N-dealkylation sites (tertiary alicyclic amines) is 1. The molecule has 39 heavy (non-hydrogen) atoms. The highest BCUT2D eigenvalue weighted by Gasteiger charge is 2.43. The second-order valence-electron chi connectivity index (χ2n) is 12.4. The van der Waals surface area contributed by atoms with E-state index in [1.807, 2.05) is 16.5 Å². The van der Waals surface area contributed by atoms with Crippen molar-refractivity contribution in [2.24, 2.45) is 13.0 Å². The van der Waals surface area contributed by atoms with Crippen molar-refractivity contribution in [2.75, 3.05) is 31.2 Å². The Labute approximate surface area is 230 Å². The number of nitrogens with zero attached hydrogens (tertiary/aromatic N) is 6. The number of ether oxygens (including phenoxy) is 1. The summed E-state index contributed by atoms with van der Waals surface area (Å²) in [6.07, 6.45) is 7.38. The number of aromatic nitrogens is 4. The zero-order valence-corrected chi connectivity index (χ0v) is 23.3. The summed E-state index contributed by atoms with van der Waals surface area (Å²) in [5.41, 5.74) is 6.19. The number of amides is 1.